The summed E-state index contributed by atoms with van der Waals surface area (Å²) in [6, 6.07) is 0. The van der Waals surface area contributed by atoms with E-state index in [9.17, 15) is 10.2 Å². The van der Waals surface area contributed by atoms with Gasteiger partial charge in [0.25, 0.3) is 0 Å². The number of aliphatic hydroxyl groups is 2. The van der Waals surface area contributed by atoms with Crippen molar-refractivity contribution in [1.29, 1.82) is 0 Å². The Morgan fingerprint density at radius 1 is 0.931 bits per heavy atom. The van der Waals surface area contributed by atoms with Gasteiger partial charge in [-0.1, -0.05) is 47.6 Å². The standard InChI is InChI=1S/C25H48O4/c1-22(2,3)16-19(23(4,5)6)17-12-14-18(15-13-17)20(26)28-25(10,11)21(27)29-24(7,8)9/h14,17,19-21,26-27H,12-13,15-16H2,1-11H3. The largest absolute Gasteiger partial charge is 0.366 e. The van der Waals surface area contributed by atoms with Gasteiger partial charge in [-0.05, 0) is 88.5 Å². The van der Waals surface area contributed by atoms with Crippen molar-refractivity contribution in [1.82, 2.24) is 0 Å². The molecule has 172 valence electrons. The van der Waals surface area contributed by atoms with Crippen molar-refractivity contribution in [3.63, 3.8) is 0 Å². The molecular formula is C25H48O4. The Hall–Kier alpha value is -0.420. The minimum absolute atomic E-state index is 0.259. The summed E-state index contributed by atoms with van der Waals surface area (Å²) < 4.78 is 11.5. The van der Waals surface area contributed by atoms with E-state index >= 15 is 0 Å². The van der Waals surface area contributed by atoms with Gasteiger partial charge in [0.2, 0.25) is 0 Å². The van der Waals surface area contributed by atoms with E-state index in [2.05, 4.69) is 47.6 Å². The van der Waals surface area contributed by atoms with Gasteiger partial charge in [0, 0.05) is 0 Å². The molecular weight excluding hydrogens is 364 g/mol. The second-order valence-electron chi connectivity index (χ2n) is 12.7. The maximum absolute atomic E-state index is 10.7. The van der Waals surface area contributed by atoms with Crippen molar-refractivity contribution < 1.29 is 19.7 Å². The maximum Gasteiger partial charge on any atom is 0.184 e. The molecule has 0 aromatic rings. The molecule has 0 saturated carbocycles. The molecule has 0 spiro atoms. The third kappa shape index (κ3) is 9.08. The number of allylic oxidation sites excluding steroid dienone is 1. The van der Waals surface area contributed by atoms with Crippen LogP contribution in [0.5, 0.6) is 0 Å². The molecule has 0 saturated heterocycles. The highest BCUT2D eigenvalue weighted by Crippen LogP contribution is 2.45. The summed E-state index contributed by atoms with van der Waals surface area (Å²) in [5.74, 6) is 1.25. The van der Waals surface area contributed by atoms with Crippen LogP contribution in [0.2, 0.25) is 0 Å². The summed E-state index contributed by atoms with van der Waals surface area (Å²) >= 11 is 0. The van der Waals surface area contributed by atoms with Crippen LogP contribution in [0.3, 0.4) is 0 Å². The Morgan fingerprint density at radius 3 is 1.86 bits per heavy atom. The zero-order chi connectivity index (χ0) is 22.8. The molecule has 0 heterocycles. The van der Waals surface area contributed by atoms with Gasteiger partial charge in [-0.25, -0.2) is 0 Å². The van der Waals surface area contributed by atoms with Crippen molar-refractivity contribution in [2.24, 2.45) is 22.7 Å². The van der Waals surface area contributed by atoms with Crippen LogP contribution in [0.25, 0.3) is 0 Å². The molecule has 1 aliphatic carbocycles. The molecule has 0 aromatic carbocycles. The van der Waals surface area contributed by atoms with E-state index < -0.39 is 23.8 Å². The first-order chi connectivity index (χ1) is 12.8. The van der Waals surface area contributed by atoms with Crippen LogP contribution >= 0.6 is 0 Å². The molecule has 4 nitrogen and oxygen atoms in total. The lowest BCUT2D eigenvalue weighted by atomic mass is 9.63. The van der Waals surface area contributed by atoms with Crippen molar-refractivity contribution in [3.8, 4) is 0 Å². The Morgan fingerprint density at radius 2 is 1.48 bits per heavy atom. The fraction of sp³-hybridized carbons (Fsp3) is 0.920. The van der Waals surface area contributed by atoms with Crippen LogP contribution in [0.15, 0.2) is 11.6 Å². The van der Waals surface area contributed by atoms with Crippen LogP contribution in [-0.2, 0) is 9.47 Å². The molecule has 0 aromatic heterocycles. The van der Waals surface area contributed by atoms with Gasteiger partial charge in [-0.3, -0.25) is 0 Å². The summed E-state index contributed by atoms with van der Waals surface area (Å²) in [4.78, 5) is 0. The van der Waals surface area contributed by atoms with E-state index in [4.69, 9.17) is 9.47 Å². The molecule has 4 unspecified atom stereocenters. The fourth-order valence-corrected chi connectivity index (χ4v) is 4.20. The highest BCUT2D eigenvalue weighted by atomic mass is 16.7. The third-order valence-corrected chi connectivity index (χ3v) is 5.79. The van der Waals surface area contributed by atoms with Crippen LogP contribution in [0.4, 0.5) is 0 Å². The Labute approximate surface area is 180 Å². The molecule has 0 bridgehead atoms. The van der Waals surface area contributed by atoms with Crippen molar-refractivity contribution >= 4 is 0 Å². The third-order valence-electron chi connectivity index (χ3n) is 5.79. The van der Waals surface area contributed by atoms with Gasteiger partial charge in [0.1, 0.15) is 5.60 Å². The molecule has 0 aliphatic heterocycles. The highest BCUT2D eigenvalue weighted by molar-refractivity contribution is 5.11. The monoisotopic (exact) mass is 412 g/mol. The predicted molar refractivity (Wildman–Crippen MR) is 120 cm³/mol. The van der Waals surface area contributed by atoms with Gasteiger partial charge in [-0.15, -0.1) is 0 Å². The van der Waals surface area contributed by atoms with Gasteiger partial charge in [-0.2, -0.15) is 0 Å². The molecule has 0 fully saturated rings. The minimum Gasteiger partial charge on any atom is -0.366 e. The molecule has 0 amide bonds. The first-order valence-electron chi connectivity index (χ1n) is 11.2. The number of hydrogen-bond donors (Lipinski definition) is 2. The maximum atomic E-state index is 10.7. The predicted octanol–water partition coefficient (Wildman–Crippen LogP) is 6.06. The summed E-state index contributed by atoms with van der Waals surface area (Å²) in [7, 11) is 0. The summed E-state index contributed by atoms with van der Waals surface area (Å²) in [6.07, 6.45) is 4.08. The van der Waals surface area contributed by atoms with Gasteiger partial charge < -0.3 is 19.7 Å². The normalized spacial score (nSPS) is 22.8. The molecule has 4 atom stereocenters. The van der Waals surface area contributed by atoms with E-state index in [1.54, 1.807) is 13.8 Å². The molecule has 29 heavy (non-hydrogen) atoms. The number of aliphatic hydroxyl groups excluding tert-OH is 2. The second kappa shape index (κ2) is 9.38. The van der Waals surface area contributed by atoms with Crippen LogP contribution in [0.1, 0.15) is 102 Å². The average Bonchev–Trinajstić information content (AvgIpc) is 2.49. The fourth-order valence-electron chi connectivity index (χ4n) is 4.20. The van der Waals surface area contributed by atoms with Crippen LogP contribution in [0, 0.1) is 22.7 Å². The van der Waals surface area contributed by atoms with E-state index in [-0.39, 0.29) is 5.41 Å². The number of ether oxygens (including phenoxy) is 2. The van der Waals surface area contributed by atoms with E-state index in [0.29, 0.717) is 17.3 Å². The van der Waals surface area contributed by atoms with Gasteiger partial charge in [0.15, 0.2) is 12.6 Å². The molecule has 1 rings (SSSR count). The molecule has 4 heteroatoms. The lowest BCUT2D eigenvalue weighted by Gasteiger charge is -2.42. The topological polar surface area (TPSA) is 58.9 Å². The van der Waals surface area contributed by atoms with E-state index in [1.807, 2.05) is 20.8 Å². The zero-order valence-corrected chi connectivity index (χ0v) is 20.9. The molecule has 1 aliphatic rings. The number of rotatable bonds is 7. The van der Waals surface area contributed by atoms with Crippen LogP contribution < -0.4 is 0 Å². The Bertz CT molecular complexity index is 543. The van der Waals surface area contributed by atoms with E-state index in [1.165, 1.54) is 6.42 Å². The van der Waals surface area contributed by atoms with Gasteiger partial charge >= 0.3 is 0 Å². The summed E-state index contributed by atoms with van der Waals surface area (Å²) in [5, 5.41) is 21.1. The summed E-state index contributed by atoms with van der Waals surface area (Å²) in [6.45, 7) is 23.2. The van der Waals surface area contributed by atoms with Crippen LogP contribution in [-0.4, -0.2) is 34.0 Å². The average molecular weight is 413 g/mol. The second-order valence-corrected chi connectivity index (χ2v) is 12.7. The SMILES string of the molecule is CC(C)(C)CC(C1CC=C(C(O)OC(C)(C)C(O)OC(C)(C)C)CC1)C(C)(C)C. The quantitative estimate of drug-likeness (QED) is 0.394. The molecule has 0 radical (unpaired) electrons. The lowest BCUT2D eigenvalue weighted by Crippen LogP contribution is -2.47. The number of hydrogen-bond acceptors (Lipinski definition) is 4. The van der Waals surface area contributed by atoms with Crippen molar-refractivity contribution in [2.75, 3.05) is 0 Å². The first kappa shape index (κ1) is 26.6. The first-order valence-corrected chi connectivity index (χ1v) is 11.2. The van der Waals surface area contributed by atoms with Crippen molar-refractivity contribution in [3.05, 3.63) is 11.6 Å². The zero-order valence-electron chi connectivity index (χ0n) is 20.9. The van der Waals surface area contributed by atoms with E-state index in [0.717, 1.165) is 24.8 Å². The Kier molecular flexibility index (Phi) is 8.61. The Balaban J connectivity index is 2.80. The summed E-state index contributed by atoms with van der Waals surface area (Å²) in [5.41, 5.74) is -0.0187. The molecule has 2 N–H and O–H groups in total. The lowest BCUT2D eigenvalue weighted by molar-refractivity contribution is -0.282. The minimum atomic E-state index is -1.12. The smallest absolute Gasteiger partial charge is 0.184 e. The van der Waals surface area contributed by atoms with Crippen molar-refractivity contribution in [2.45, 2.75) is 126 Å². The highest BCUT2D eigenvalue weighted by Gasteiger charge is 2.38. The van der Waals surface area contributed by atoms with Gasteiger partial charge in [0.05, 0.1) is 5.60 Å².